The quantitative estimate of drug-likeness (QED) is 0.730. The van der Waals surface area contributed by atoms with E-state index in [9.17, 15) is 4.79 Å². The molecule has 25 heavy (non-hydrogen) atoms. The van der Waals surface area contributed by atoms with Crippen molar-refractivity contribution in [3.05, 3.63) is 58.9 Å². The third kappa shape index (κ3) is 5.18. The van der Waals surface area contributed by atoms with Gasteiger partial charge in [0, 0.05) is 18.3 Å². The van der Waals surface area contributed by atoms with Crippen LogP contribution in [0, 0.1) is 0 Å². The number of amides is 1. The summed E-state index contributed by atoms with van der Waals surface area (Å²) in [7, 11) is 1.65. The molecule has 1 aromatic heterocycles. The van der Waals surface area contributed by atoms with Crippen LogP contribution >= 0.6 is 11.6 Å². The highest BCUT2D eigenvalue weighted by atomic mass is 35.5. The summed E-state index contributed by atoms with van der Waals surface area (Å²) in [6, 6.07) is 11.2. The molecule has 0 bridgehead atoms. The molecule has 1 amide bonds. The van der Waals surface area contributed by atoms with Gasteiger partial charge in [-0.2, -0.15) is 0 Å². The Balaban J connectivity index is 2.17. The van der Waals surface area contributed by atoms with Crippen LogP contribution in [0.2, 0.25) is 5.15 Å². The predicted octanol–water partition coefficient (Wildman–Crippen LogP) is 3.56. The first kappa shape index (κ1) is 19.2. The molecule has 1 aromatic carbocycles. The summed E-state index contributed by atoms with van der Waals surface area (Å²) in [5.41, 5.74) is 1.61. The van der Waals surface area contributed by atoms with E-state index in [-0.39, 0.29) is 11.9 Å². The summed E-state index contributed by atoms with van der Waals surface area (Å²) < 4.78 is 5.33. The van der Waals surface area contributed by atoms with Crippen molar-refractivity contribution in [3.8, 4) is 5.75 Å². The van der Waals surface area contributed by atoms with Gasteiger partial charge in [0.1, 0.15) is 10.9 Å². The Morgan fingerprint density at radius 2 is 2.04 bits per heavy atom. The number of ether oxygens (including phenoxy) is 1. The first-order valence-corrected chi connectivity index (χ1v) is 8.74. The Labute approximate surface area is 154 Å². The van der Waals surface area contributed by atoms with Crippen molar-refractivity contribution >= 4 is 17.5 Å². The van der Waals surface area contributed by atoms with Crippen molar-refractivity contribution in [3.63, 3.8) is 0 Å². The Morgan fingerprint density at radius 3 is 2.68 bits per heavy atom. The second-order valence-corrected chi connectivity index (χ2v) is 5.98. The molecule has 134 valence electrons. The number of nitrogens with zero attached hydrogens (tertiary/aromatic N) is 2. The van der Waals surface area contributed by atoms with Crippen molar-refractivity contribution in [1.82, 2.24) is 15.2 Å². The Morgan fingerprint density at radius 1 is 1.28 bits per heavy atom. The van der Waals surface area contributed by atoms with Gasteiger partial charge in [0.25, 0.3) is 5.91 Å². The van der Waals surface area contributed by atoms with Crippen LogP contribution in [-0.4, -0.2) is 42.5 Å². The van der Waals surface area contributed by atoms with E-state index < -0.39 is 0 Å². The second kappa shape index (κ2) is 9.39. The highest BCUT2D eigenvalue weighted by molar-refractivity contribution is 6.29. The standard InChI is InChI=1S/C19H24ClN3O2/c1-4-23(5-2)17(14-7-6-8-16(11-14)25-3)13-22-19(24)15-9-10-21-18(20)12-15/h6-12,17H,4-5,13H2,1-3H3,(H,22,24). The first-order valence-electron chi connectivity index (χ1n) is 8.36. The number of carbonyl (C=O) groups is 1. The molecule has 1 atom stereocenters. The summed E-state index contributed by atoms with van der Waals surface area (Å²) in [6.45, 7) is 6.49. The number of halogens is 1. The Kier molecular flexibility index (Phi) is 7.22. The Bertz CT molecular complexity index is 705. The van der Waals surface area contributed by atoms with Gasteiger partial charge in [-0.1, -0.05) is 37.6 Å². The van der Waals surface area contributed by atoms with Gasteiger partial charge in [0.15, 0.2) is 0 Å². The topological polar surface area (TPSA) is 54.5 Å². The number of hydrogen-bond donors (Lipinski definition) is 1. The zero-order valence-corrected chi connectivity index (χ0v) is 15.6. The minimum absolute atomic E-state index is 0.0614. The molecule has 0 fully saturated rings. The molecule has 0 aliphatic heterocycles. The van der Waals surface area contributed by atoms with Crippen LogP contribution < -0.4 is 10.1 Å². The van der Waals surface area contributed by atoms with Crippen molar-refractivity contribution < 1.29 is 9.53 Å². The second-order valence-electron chi connectivity index (χ2n) is 5.59. The molecular weight excluding hydrogens is 338 g/mol. The molecule has 0 radical (unpaired) electrons. The van der Waals surface area contributed by atoms with Crippen LogP contribution in [-0.2, 0) is 0 Å². The lowest BCUT2D eigenvalue weighted by Crippen LogP contribution is -2.38. The average molecular weight is 362 g/mol. The number of pyridine rings is 1. The molecule has 0 saturated carbocycles. The number of benzene rings is 1. The fourth-order valence-corrected chi connectivity index (χ4v) is 2.98. The summed E-state index contributed by atoms with van der Waals surface area (Å²) in [5, 5.41) is 3.31. The number of rotatable bonds is 8. The third-order valence-corrected chi connectivity index (χ3v) is 4.38. The van der Waals surface area contributed by atoms with Gasteiger partial charge < -0.3 is 10.1 Å². The molecule has 6 heteroatoms. The number of hydrogen-bond acceptors (Lipinski definition) is 4. The fourth-order valence-electron chi connectivity index (χ4n) is 2.81. The van der Waals surface area contributed by atoms with Crippen LogP contribution in [0.25, 0.3) is 0 Å². The average Bonchev–Trinajstić information content (AvgIpc) is 2.65. The molecule has 1 heterocycles. The van der Waals surface area contributed by atoms with E-state index in [1.54, 1.807) is 19.2 Å². The zero-order valence-electron chi connectivity index (χ0n) is 14.8. The third-order valence-electron chi connectivity index (χ3n) is 4.18. The molecule has 2 aromatic rings. The smallest absolute Gasteiger partial charge is 0.251 e. The monoisotopic (exact) mass is 361 g/mol. The number of nitrogens with one attached hydrogen (secondary N) is 1. The van der Waals surface area contributed by atoms with E-state index in [1.165, 1.54) is 6.20 Å². The number of aromatic nitrogens is 1. The highest BCUT2D eigenvalue weighted by Gasteiger charge is 2.20. The van der Waals surface area contributed by atoms with Gasteiger partial charge in [0.05, 0.1) is 13.2 Å². The lowest BCUT2D eigenvalue weighted by Gasteiger charge is -2.30. The van der Waals surface area contributed by atoms with Gasteiger partial charge in [-0.25, -0.2) is 4.98 Å². The molecule has 5 nitrogen and oxygen atoms in total. The van der Waals surface area contributed by atoms with Crippen molar-refractivity contribution in [1.29, 1.82) is 0 Å². The van der Waals surface area contributed by atoms with Crippen molar-refractivity contribution in [2.24, 2.45) is 0 Å². The summed E-state index contributed by atoms with van der Waals surface area (Å²) in [4.78, 5) is 18.6. The van der Waals surface area contributed by atoms with Crippen LogP contribution in [0.15, 0.2) is 42.6 Å². The molecule has 0 aliphatic carbocycles. The molecule has 1 unspecified atom stereocenters. The fraction of sp³-hybridized carbons (Fsp3) is 0.368. The maximum Gasteiger partial charge on any atom is 0.251 e. The summed E-state index contributed by atoms with van der Waals surface area (Å²) in [6.07, 6.45) is 1.53. The molecule has 0 saturated heterocycles. The van der Waals surface area contributed by atoms with Gasteiger partial charge in [-0.15, -0.1) is 0 Å². The van der Waals surface area contributed by atoms with E-state index >= 15 is 0 Å². The molecule has 1 N–H and O–H groups in total. The summed E-state index contributed by atoms with van der Waals surface area (Å²) >= 11 is 5.86. The number of likely N-dealkylation sites (N-methyl/N-ethyl adjacent to an activating group) is 1. The van der Waals surface area contributed by atoms with Crippen molar-refractivity contribution in [2.45, 2.75) is 19.9 Å². The lowest BCUT2D eigenvalue weighted by molar-refractivity contribution is 0.0935. The lowest BCUT2D eigenvalue weighted by atomic mass is 10.0. The largest absolute Gasteiger partial charge is 0.497 e. The SMILES string of the molecule is CCN(CC)C(CNC(=O)c1ccnc(Cl)c1)c1cccc(OC)c1. The maximum absolute atomic E-state index is 12.4. The normalized spacial score (nSPS) is 12.0. The minimum Gasteiger partial charge on any atom is -0.497 e. The first-order chi connectivity index (χ1) is 12.1. The van der Waals surface area contributed by atoms with E-state index in [4.69, 9.17) is 16.3 Å². The van der Waals surface area contributed by atoms with E-state index in [0.717, 1.165) is 24.4 Å². The zero-order chi connectivity index (χ0) is 18.2. The van der Waals surface area contributed by atoms with E-state index in [0.29, 0.717) is 17.3 Å². The van der Waals surface area contributed by atoms with Gasteiger partial charge in [0.2, 0.25) is 0 Å². The number of methoxy groups -OCH3 is 1. The van der Waals surface area contributed by atoms with Crippen LogP contribution in [0.1, 0.15) is 35.8 Å². The van der Waals surface area contributed by atoms with Crippen LogP contribution in [0.5, 0.6) is 5.75 Å². The molecule has 2 rings (SSSR count). The highest BCUT2D eigenvalue weighted by Crippen LogP contribution is 2.24. The Hall–Kier alpha value is -2.11. The van der Waals surface area contributed by atoms with Crippen LogP contribution in [0.4, 0.5) is 0 Å². The van der Waals surface area contributed by atoms with E-state index in [1.807, 2.05) is 18.2 Å². The minimum atomic E-state index is -0.163. The number of carbonyl (C=O) groups excluding carboxylic acids is 1. The van der Waals surface area contributed by atoms with Crippen molar-refractivity contribution in [2.75, 3.05) is 26.7 Å². The summed E-state index contributed by atoms with van der Waals surface area (Å²) in [5.74, 6) is 0.645. The van der Waals surface area contributed by atoms with E-state index in [2.05, 4.69) is 35.1 Å². The maximum atomic E-state index is 12.4. The van der Waals surface area contributed by atoms with Crippen LogP contribution in [0.3, 0.4) is 0 Å². The molecule has 0 spiro atoms. The predicted molar refractivity (Wildman–Crippen MR) is 100 cm³/mol. The van der Waals surface area contributed by atoms with Gasteiger partial charge in [-0.3, -0.25) is 9.69 Å². The molecular formula is C19H24ClN3O2. The van der Waals surface area contributed by atoms with Gasteiger partial charge >= 0.3 is 0 Å². The van der Waals surface area contributed by atoms with Gasteiger partial charge in [-0.05, 0) is 42.9 Å². The molecule has 0 aliphatic rings.